The van der Waals surface area contributed by atoms with E-state index in [1.54, 1.807) is 6.07 Å². The Morgan fingerprint density at radius 2 is 2.06 bits per heavy atom. The van der Waals surface area contributed by atoms with Crippen LogP contribution in [0.25, 0.3) is 11.5 Å². The quantitative estimate of drug-likeness (QED) is 0.879. The number of nitrogens with zero attached hydrogens (tertiary/aromatic N) is 2. The van der Waals surface area contributed by atoms with Crippen molar-refractivity contribution in [2.24, 2.45) is 0 Å². The van der Waals surface area contributed by atoms with Gasteiger partial charge in [0.2, 0.25) is 0 Å². The molecule has 0 amide bonds. The number of phenolic OH excluding ortho intramolecular Hbond substituents is 1. The van der Waals surface area contributed by atoms with E-state index in [2.05, 4.69) is 10.1 Å². The molecule has 1 saturated carbocycles. The summed E-state index contributed by atoms with van der Waals surface area (Å²) in [6.45, 7) is 1.85. The number of aryl methyl sites for hydroxylation is 1. The van der Waals surface area contributed by atoms with Crippen LogP contribution in [0.4, 0.5) is 0 Å². The van der Waals surface area contributed by atoms with Gasteiger partial charge in [0, 0.05) is 5.92 Å². The number of para-hydroxylation sites is 1. The van der Waals surface area contributed by atoms with Gasteiger partial charge in [-0.1, -0.05) is 30.1 Å². The number of phenols is 1. The van der Waals surface area contributed by atoms with Gasteiger partial charge in [0.05, 0.1) is 5.56 Å². The monoisotopic (exact) mass is 244 g/mol. The second kappa shape index (κ2) is 4.44. The third-order valence-corrected chi connectivity index (χ3v) is 3.63. The lowest BCUT2D eigenvalue weighted by atomic mass is 10.1. The molecule has 0 saturated heterocycles. The summed E-state index contributed by atoms with van der Waals surface area (Å²) in [5.74, 6) is 1.84. The molecule has 0 bridgehead atoms. The maximum atomic E-state index is 10.00. The second-order valence-electron chi connectivity index (χ2n) is 4.91. The summed E-state index contributed by atoms with van der Waals surface area (Å²) < 4.78 is 5.28. The van der Waals surface area contributed by atoms with Crippen LogP contribution < -0.4 is 0 Å². The predicted molar refractivity (Wildman–Crippen MR) is 67.3 cm³/mol. The summed E-state index contributed by atoms with van der Waals surface area (Å²) in [6.07, 6.45) is 4.76. The van der Waals surface area contributed by atoms with Crippen LogP contribution >= 0.6 is 0 Å². The van der Waals surface area contributed by atoms with Gasteiger partial charge in [-0.05, 0) is 31.4 Å². The molecule has 0 unspecified atom stereocenters. The van der Waals surface area contributed by atoms with Crippen LogP contribution in [-0.2, 0) is 0 Å². The Kier molecular flexibility index (Phi) is 2.78. The second-order valence-corrected chi connectivity index (χ2v) is 4.91. The lowest BCUT2D eigenvalue weighted by Gasteiger charge is -2.02. The molecule has 1 aliphatic rings. The van der Waals surface area contributed by atoms with Gasteiger partial charge in [-0.15, -0.1) is 0 Å². The molecule has 3 rings (SSSR count). The Morgan fingerprint density at radius 3 is 2.83 bits per heavy atom. The Hall–Kier alpha value is -1.84. The summed E-state index contributed by atoms with van der Waals surface area (Å²) >= 11 is 0. The van der Waals surface area contributed by atoms with Crippen molar-refractivity contribution in [2.75, 3.05) is 0 Å². The molecular weight excluding hydrogens is 228 g/mol. The van der Waals surface area contributed by atoms with E-state index in [1.165, 1.54) is 12.8 Å². The molecule has 2 aromatic rings. The van der Waals surface area contributed by atoms with Crippen molar-refractivity contribution in [2.45, 2.75) is 38.5 Å². The van der Waals surface area contributed by atoms with Crippen LogP contribution in [0, 0.1) is 6.92 Å². The Balaban J connectivity index is 1.95. The zero-order valence-corrected chi connectivity index (χ0v) is 10.4. The first-order valence-electron chi connectivity index (χ1n) is 6.38. The number of benzene rings is 1. The largest absolute Gasteiger partial charge is 0.507 e. The topological polar surface area (TPSA) is 59.2 Å². The van der Waals surface area contributed by atoms with Crippen LogP contribution in [0.2, 0.25) is 0 Å². The van der Waals surface area contributed by atoms with Crippen molar-refractivity contribution in [1.29, 1.82) is 0 Å². The summed E-state index contributed by atoms with van der Waals surface area (Å²) in [6, 6.07) is 5.53. The van der Waals surface area contributed by atoms with Crippen molar-refractivity contribution in [1.82, 2.24) is 10.1 Å². The zero-order valence-electron chi connectivity index (χ0n) is 10.4. The lowest BCUT2D eigenvalue weighted by molar-refractivity contribution is 0.411. The van der Waals surface area contributed by atoms with Crippen LogP contribution in [0.15, 0.2) is 22.7 Å². The Labute approximate surface area is 106 Å². The van der Waals surface area contributed by atoms with E-state index in [4.69, 9.17) is 4.52 Å². The molecule has 1 fully saturated rings. The summed E-state index contributed by atoms with van der Waals surface area (Å²) in [5, 5.41) is 14.0. The fourth-order valence-electron chi connectivity index (χ4n) is 2.53. The van der Waals surface area contributed by atoms with Gasteiger partial charge in [0.25, 0.3) is 5.89 Å². The van der Waals surface area contributed by atoms with Crippen molar-refractivity contribution in [3.63, 3.8) is 0 Å². The molecule has 1 heterocycles. The van der Waals surface area contributed by atoms with Crippen LogP contribution in [0.5, 0.6) is 5.75 Å². The van der Waals surface area contributed by atoms with E-state index < -0.39 is 0 Å². The fraction of sp³-hybridized carbons (Fsp3) is 0.429. The van der Waals surface area contributed by atoms with E-state index >= 15 is 0 Å². The first-order chi connectivity index (χ1) is 8.75. The van der Waals surface area contributed by atoms with Crippen LogP contribution in [-0.4, -0.2) is 15.2 Å². The Morgan fingerprint density at radius 1 is 1.28 bits per heavy atom. The SMILES string of the molecule is Cc1cccc(-c2nc(C3CCCC3)no2)c1O. The highest BCUT2D eigenvalue weighted by Gasteiger charge is 2.23. The van der Waals surface area contributed by atoms with Crippen molar-refractivity contribution in [3.8, 4) is 17.2 Å². The highest BCUT2D eigenvalue weighted by molar-refractivity contribution is 5.64. The number of rotatable bonds is 2. The molecule has 0 atom stereocenters. The molecule has 18 heavy (non-hydrogen) atoms. The normalized spacial score (nSPS) is 16.3. The summed E-state index contributed by atoms with van der Waals surface area (Å²) in [4.78, 5) is 4.43. The number of hydrogen-bond donors (Lipinski definition) is 1. The average Bonchev–Trinajstić information content (AvgIpc) is 3.01. The maximum Gasteiger partial charge on any atom is 0.261 e. The summed E-state index contributed by atoms with van der Waals surface area (Å²) in [7, 11) is 0. The van der Waals surface area contributed by atoms with Crippen molar-refractivity contribution < 1.29 is 9.63 Å². The zero-order chi connectivity index (χ0) is 12.5. The van der Waals surface area contributed by atoms with E-state index in [1.807, 2.05) is 19.1 Å². The van der Waals surface area contributed by atoms with Crippen molar-refractivity contribution in [3.05, 3.63) is 29.6 Å². The summed E-state index contributed by atoms with van der Waals surface area (Å²) in [5.41, 5.74) is 1.43. The average molecular weight is 244 g/mol. The van der Waals surface area contributed by atoms with E-state index in [9.17, 15) is 5.11 Å². The van der Waals surface area contributed by atoms with Gasteiger partial charge in [-0.2, -0.15) is 4.98 Å². The predicted octanol–water partition coefficient (Wildman–Crippen LogP) is 3.41. The molecular formula is C14H16N2O2. The molecule has 1 aromatic heterocycles. The van der Waals surface area contributed by atoms with E-state index in [-0.39, 0.29) is 5.75 Å². The molecule has 1 aliphatic carbocycles. The van der Waals surface area contributed by atoms with E-state index in [0.717, 1.165) is 24.2 Å². The number of aromatic hydroxyl groups is 1. The lowest BCUT2D eigenvalue weighted by Crippen LogP contribution is -1.94. The first-order valence-corrected chi connectivity index (χ1v) is 6.38. The number of aromatic nitrogens is 2. The molecule has 0 radical (unpaired) electrons. The van der Waals surface area contributed by atoms with Crippen LogP contribution in [0.3, 0.4) is 0 Å². The maximum absolute atomic E-state index is 10.00. The smallest absolute Gasteiger partial charge is 0.261 e. The minimum Gasteiger partial charge on any atom is -0.507 e. The minimum atomic E-state index is 0.221. The van der Waals surface area contributed by atoms with Gasteiger partial charge in [0.15, 0.2) is 5.82 Å². The van der Waals surface area contributed by atoms with Gasteiger partial charge in [-0.25, -0.2) is 0 Å². The van der Waals surface area contributed by atoms with Crippen molar-refractivity contribution >= 4 is 0 Å². The molecule has 94 valence electrons. The molecule has 1 N–H and O–H groups in total. The fourth-order valence-corrected chi connectivity index (χ4v) is 2.53. The standard InChI is InChI=1S/C14H16N2O2/c1-9-5-4-8-11(12(9)17)14-15-13(16-18-14)10-6-2-3-7-10/h4-5,8,10,17H,2-3,6-7H2,1H3. The molecule has 1 aromatic carbocycles. The van der Waals surface area contributed by atoms with Gasteiger partial charge in [0.1, 0.15) is 5.75 Å². The molecule has 4 heteroatoms. The third kappa shape index (κ3) is 1.88. The first kappa shape index (κ1) is 11.3. The Bertz CT molecular complexity index is 557. The van der Waals surface area contributed by atoms with Gasteiger partial charge >= 0.3 is 0 Å². The molecule has 0 aliphatic heterocycles. The van der Waals surface area contributed by atoms with E-state index in [0.29, 0.717) is 17.4 Å². The number of hydrogen-bond acceptors (Lipinski definition) is 4. The molecule has 0 spiro atoms. The highest BCUT2D eigenvalue weighted by Crippen LogP contribution is 2.35. The molecule has 4 nitrogen and oxygen atoms in total. The minimum absolute atomic E-state index is 0.221. The van der Waals surface area contributed by atoms with Gasteiger partial charge in [-0.3, -0.25) is 0 Å². The highest BCUT2D eigenvalue weighted by atomic mass is 16.5. The van der Waals surface area contributed by atoms with Crippen LogP contribution in [0.1, 0.15) is 43.0 Å². The van der Waals surface area contributed by atoms with Gasteiger partial charge < -0.3 is 9.63 Å². The third-order valence-electron chi connectivity index (χ3n) is 3.63.